The molecule has 1 aromatic heterocycles. The predicted octanol–water partition coefficient (Wildman–Crippen LogP) is 7.56. The Kier molecular flexibility index (Phi) is 7.15. The van der Waals surface area contributed by atoms with E-state index in [1.54, 1.807) is 0 Å². The standard InChI is InChI=1S/C31H40INO5Si/c1-29(2,3)39(8,9)36-17-25-24(37-31(6,7)38-25)16-35-19-11-13-20-22(15-19)30(4,5)28-26(27(20)34)21-12-10-18(32)14-23(21)33-28/h10-15,24-25,33H,16-17H2,1-9H3/t24-,25-/m1/s1. The molecule has 0 spiro atoms. The highest BCUT2D eigenvalue weighted by Gasteiger charge is 2.45. The van der Waals surface area contributed by atoms with Gasteiger partial charge in [-0.2, -0.15) is 0 Å². The Morgan fingerprint density at radius 3 is 2.33 bits per heavy atom. The van der Waals surface area contributed by atoms with Crippen LogP contribution in [0.2, 0.25) is 18.1 Å². The fourth-order valence-electron chi connectivity index (χ4n) is 5.35. The van der Waals surface area contributed by atoms with Crippen LogP contribution in [0.5, 0.6) is 5.75 Å². The number of carbonyl (C=O) groups excluding carboxylic acids is 1. The van der Waals surface area contributed by atoms with Gasteiger partial charge in [0, 0.05) is 31.1 Å². The van der Waals surface area contributed by atoms with Crippen molar-refractivity contribution in [2.75, 3.05) is 13.2 Å². The van der Waals surface area contributed by atoms with Crippen molar-refractivity contribution < 1.29 is 23.4 Å². The first-order chi connectivity index (χ1) is 18.0. The Hall–Kier alpha value is -1.72. The van der Waals surface area contributed by atoms with Gasteiger partial charge in [0.2, 0.25) is 0 Å². The number of ether oxygens (including phenoxy) is 3. The molecule has 2 heterocycles. The van der Waals surface area contributed by atoms with Gasteiger partial charge in [0.25, 0.3) is 0 Å². The van der Waals surface area contributed by atoms with E-state index in [9.17, 15) is 4.79 Å². The maximum atomic E-state index is 13.7. The summed E-state index contributed by atoms with van der Waals surface area (Å²) in [6, 6.07) is 12.0. The van der Waals surface area contributed by atoms with Crippen LogP contribution >= 0.6 is 22.6 Å². The van der Waals surface area contributed by atoms with Crippen molar-refractivity contribution in [3.05, 3.63) is 62.4 Å². The average molecular weight is 662 g/mol. The molecule has 0 saturated carbocycles. The molecule has 2 aliphatic rings. The molecule has 39 heavy (non-hydrogen) atoms. The van der Waals surface area contributed by atoms with Crippen LogP contribution in [0, 0.1) is 3.57 Å². The maximum Gasteiger partial charge on any atom is 0.195 e. The number of H-pyrrole nitrogens is 1. The SMILES string of the molecule is CC1(C)O[C@H](COc2ccc3c(c2)C(C)(C)c2[nH]c4cc(I)ccc4c2C3=O)[C@@H](CO[Si](C)(C)C(C)(C)C)O1. The van der Waals surface area contributed by atoms with E-state index in [0.29, 0.717) is 19.0 Å². The molecule has 210 valence electrons. The van der Waals surface area contributed by atoms with Crippen molar-refractivity contribution in [2.24, 2.45) is 0 Å². The second-order valence-corrected chi connectivity index (χ2v) is 19.4. The zero-order valence-electron chi connectivity index (χ0n) is 24.5. The number of nitrogens with one attached hydrogen (secondary N) is 1. The molecule has 1 aliphatic heterocycles. The summed E-state index contributed by atoms with van der Waals surface area (Å²) in [6.07, 6.45) is -0.486. The lowest BCUT2D eigenvalue weighted by atomic mass is 9.71. The number of aromatic nitrogens is 1. The number of ketones is 1. The normalized spacial score (nSPS) is 22.2. The number of rotatable bonds is 6. The van der Waals surface area contributed by atoms with Gasteiger partial charge in [0.05, 0.1) is 12.2 Å². The lowest BCUT2D eigenvalue weighted by Crippen LogP contribution is -2.44. The molecule has 3 aromatic rings. The third kappa shape index (κ3) is 5.23. The topological polar surface area (TPSA) is 69.8 Å². The van der Waals surface area contributed by atoms with Crippen LogP contribution in [0.4, 0.5) is 0 Å². The Morgan fingerprint density at radius 1 is 1.00 bits per heavy atom. The first-order valence-electron chi connectivity index (χ1n) is 13.6. The van der Waals surface area contributed by atoms with E-state index in [-0.39, 0.29) is 23.0 Å². The summed E-state index contributed by atoms with van der Waals surface area (Å²) in [5.41, 5.74) is 4.01. The maximum absolute atomic E-state index is 13.7. The summed E-state index contributed by atoms with van der Waals surface area (Å²) >= 11 is 2.30. The average Bonchev–Trinajstić information content (AvgIpc) is 3.36. The summed E-state index contributed by atoms with van der Waals surface area (Å²) in [4.78, 5) is 17.2. The second-order valence-electron chi connectivity index (χ2n) is 13.3. The third-order valence-corrected chi connectivity index (χ3v) is 13.8. The van der Waals surface area contributed by atoms with Crippen LogP contribution in [0.15, 0.2) is 36.4 Å². The number of hydrogen-bond donors (Lipinski definition) is 1. The fraction of sp³-hybridized carbons (Fsp3) is 0.516. The van der Waals surface area contributed by atoms with Crippen molar-refractivity contribution >= 4 is 47.6 Å². The van der Waals surface area contributed by atoms with Crippen molar-refractivity contribution in [2.45, 2.75) is 90.0 Å². The summed E-state index contributed by atoms with van der Waals surface area (Å²) in [5.74, 6) is 0.0559. The fourth-order valence-corrected chi connectivity index (χ4v) is 6.85. The first kappa shape index (κ1) is 28.8. The molecule has 2 aromatic carbocycles. The molecule has 8 heteroatoms. The molecule has 2 atom stereocenters. The van der Waals surface area contributed by atoms with Gasteiger partial charge < -0.3 is 23.6 Å². The Morgan fingerprint density at radius 2 is 1.67 bits per heavy atom. The number of carbonyl (C=O) groups is 1. The van der Waals surface area contributed by atoms with Gasteiger partial charge in [0.15, 0.2) is 19.9 Å². The minimum atomic E-state index is -1.93. The monoisotopic (exact) mass is 661 g/mol. The van der Waals surface area contributed by atoms with E-state index in [1.165, 1.54) is 0 Å². The number of halogens is 1. The highest BCUT2D eigenvalue weighted by atomic mass is 127. The van der Waals surface area contributed by atoms with E-state index in [1.807, 2.05) is 44.2 Å². The lowest BCUT2D eigenvalue weighted by Gasteiger charge is -2.37. The van der Waals surface area contributed by atoms with Crippen molar-refractivity contribution in [3.63, 3.8) is 0 Å². The number of benzene rings is 2. The highest BCUT2D eigenvalue weighted by Crippen LogP contribution is 2.45. The number of aromatic amines is 1. The van der Waals surface area contributed by atoms with Crippen molar-refractivity contribution in [1.82, 2.24) is 4.98 Å². The minimum absolute atomic E-state index is 0.0513. The Labute approximate surface area is 246 Å². The summed E-state index contributed by atoms with van der Waals surface area (Å²) in [7, 11) is -1.93. The van der Waals surface area contributed by atoms with Gasteiger partial charge >= 0.3 is 0 Å². The molecule has 0 amide bonds. The summed E-state index contributed by atoms with van der Waals surface area (Å²) in [6.45, 7) is 20.2. The van der Waals surface area contributed by atoms with Crippen LogP contribution in [0.1, 0.15) is 75.6 Å². The van der Waals surface area contributed by atoms with E-state index < -0.39 is 19.5 Å². The molecule has 1 fully saturated rings. The molecule has 1 saturated heterocycles. The van der Waals surface area contributed by atoms with E-state index >= 15 is 0 Å². The predicted molar refractivity (Wildman–Crippen MR) is 165 cm³/mol. The quantitative estimate of drug-likeness (QED) is 0.218. The minimum Gasteiger partial charge on any atom is -0.491 e. The number of fused-ring (bicyclic) bond motifs is 4. The first-order valence-corrected chi connectivity index (χ1v) is 17.6. The van der Waals surface area contributed by atoms with Crippen LogP contribution in [-0.2, 0) is 19.3 Å². The molecule has 1 aliphatic carbocycles. The van der Waals surface area contributed by atoms with Gasteiger partial charge in [-0.3, -0.25) is 4.79 Å². The highest BCUT2D eigenvalue weighted by molar-refractivity contribution is 14.1. The Balaban J connectivity index is 1.36. The van der Waals surface area contributed by atoms with E-state index in [4.69, 9.17) is 18.6 Å². The third-order valence-electron chi connectivity index (χ3n) is 8.64. The van der Waals surface area contributed by atoms with Gasteiger partial charge in [0.1, 0.15) is 24.6 Å². The van der Waals surface area contributed by atoms with E-state index in [2.05, 4.69) is 81.4 Å². The molecule has 6 nitrogen and oxygen atoms in total. The Bertz CT molecular complexity index is 1430. The van der Waals surface area contributed by atoms with Gasteiger partial charge in [-0.1, -0.05) is 40.7 Å². The summed E-state index contributed by atoms with van der Waals surface area (Å²) < 4.78 is 26.3. The van der Waals surface area contributed by atoms with Crippen LogP contribution < -0.4 is 4.74 Å². The molecular formula is C31H40INO5Si. The van der Waals surface area contributed by atoms with Crippen LogP contribution in [0.25, 0.3) is 10.9 Å². The van der Waals surface area contributed by atoms with Crippen molar-refractivity contribution in [1.29, 1.82) is 0 Å². The van der Waals surface area contributed by atoms with Crippen LogP contribution in [-0.4, -0.2) is 50.3 Å². The second kappa shape index (κ2) is 9.68. The zero-order valence-corrected chi connectivity index (χ0v) is 27.6. The molecule has 0 bridgehead atoms. The van der Waals surface area contributed by atoms with Crippen LogP contribution in [0.3, 0.4) is 0 Å². The zero-order chi connectivity index (χ0) is 28.5. The summed E-state index contributed by atoms with van der Waals surface area (Å²) in [5, 5.41) is 1.09. The molecule has 0 unspecified atom stereocenters. The molecule has 1 N–H and O–H groups in total. The number of hydrogen-bond acceptors (Lipinski definition) is 5. The molecular weight excluding hydrogens is 621 g/mol. The van der Waals surface area contributed by atoms with Crippen molar-refractivity contribution in [3.8, 4) is 5.75 Å². The van der Waals surface area contributed by atoms with Gasteiger partial charge in [-0.05, 0) is 90.5 Å². The largest absolute Gasteiger partial charge is 0.491 e. The molecule has 5 rings (SSSR count). The van der Waals surface area contributed by atoms with E-state index in [0.717, 1.165) is 36.9 Å². The van der Waals surface area contributed by atoms with Gasteiger partial charge in [-0.25, -0.2) is 0 Å². The van der Waals surface area contributed by atoms with Gasteiger partial charge in [-0.15, -0.1) is 0 Å². The molecule has 0 radical (unpaired) electrons. The lowest BCUT2D eigenvalue weighted by molar-refractivity contribution is -0.150. The smallest absolute Gasteiger partial charge is 0.195 e.